The Hall–Kier alpha value is -1.47. The first-order valence-electron chi connectivity index (χ1n) is 4.31. The summed E-state index contributed by atoms with van der Waals surface area (Å²) in [7, 11) is -21.4. The molecular weight excluding hydrogens is 368 g/mol. The molecule has 0 saturated carbocycles. The van der Waals surface area contributed by atoms with Crippen molar-refractivity contribution in [2.45, 2.75) is 9.79 Å². The molecular formula is C6H3F10N3S2. The van der Waals surface area contributed by atoms with E-state index in [0.717, 1.165) is 0 Å². The number of halogens is 10. The average Bonchev–Trinajstić information content (AvgIpc) is 2.10. The molecule has 15 heteroatoms. The van der Waals surface area contributed by atoms with E-state index in [-0.39, 0.29) is 0 Å². The maximum absolute atomic E-state index is 12.5. The van der Waals surface area contributed by atoms with Crippen molar-refractivity contribution in [1.82, 2.24) is 0 Å². The topological polar surface area (TPSA) is 48.8 Å². The van der Waals surface area contributed by atoms with Crippen molar-refractivity contribution in [3.05, 3.63) is 28.6 Å². The van der Waals surface area contributed by atoms with Gasteiger partial charge in [0.25, 0.3) is 0 Å². The number of nitrogens with zero attached hydrogens (tertiary/aromatic N) is 3. The zero-order valence-corrected chi connectivity index (χ0v) is 10.8. The summed E-state index contributed by atoms with van der Waals surface area (Å²) >= 11 is 0. The summed E-state index contributed by atoms with van der Waals surface area (Å²) in [6.45, 7) is 0. The van der Waals surface area contributed by atoms with Gasteiger partial charge in [0.2, 0.25) is 0 Å². The SMILES string of the molecule is [N-]=[N+]=Nc1cc(S(F)(F)(F)(F)F)cc(S(F)(F)(F)(F)F)c1. The number of benzene rings is 1. The largest absolute Gasteiger partial charge is 0.310 e. The molecule has 1 aromatic rings. The molecule has 1 aromatic carbocycles. The standard InChI is InChI=1S/C6H3F10N3S2/c7-20(8,9,10,11)5-1-4(18-19-17)2-6(3-5)21(12,13,14,15)16/h1-3H. The Morgan fingerprint density at radius 1 is 0.714 bits per heavy atom. The predicted molar refractivity (Wildman–Crippen MR) is 58.0 cm³/mol. The minimum atomic E-state index is -10.7. The molecule has 0 aliphatic carbocycles. The Morgan fingerprint density at radius 3 is 1.29 bits per heavy atom. The van der Waals surface area contributed by atoms with Crippen LogP contribution >= 0.6 is 20.4 Å². The molecule has 0 aromatic heterocycles. The molecule has 0 radical (unpaired) electrons. The first-order valence-corrected chi connectivity index (χ1v) is 8.21. The van der Waals surface area contributed by atoms with Crippen LogP contribution < -0.4 is 0 Å². The molecule has 21 heavy (non-hydrogen) atoms. The van der Waals surface area contributed by atoms with Crippen LogP contribution in [0.1, 0.15) is 0 Å². The Morgan fingerprint density at radius 2 is 1.05 bits per heavy atom. The van der Waals surface area contributed by atoms with Crippen LogP contribution in [0.25, 0.3) is 10.4 Å². The molecule has 0 unspecified atom stereocenters. The van der Waals surface area contributed by atoms with Crippen molar-refractivity contribution in [3.8, 4) is 0 Å². The Kier molecular flexibility index (Phi) is 2.64. The van der Waals surface area contributed by atoms with Crippen molar-refractivity contribution in [2.24, 2.45) is 5.11 Å². The van der Waals surface area contributed by atoms with Gasteiger partial charge in [0.1, 0.15) is 9.79 Å². The van der Waals surface area contributed by atoms with Crippen LogP contribution in [0.4, 0.5) is 44.5 Å². The van der Waals surface area contributed by atoms with Crippen LogP contribution in [0.5, 0.6) is 0 Å². The van der Waals surface area contributed by atoms with Crippen LogP contribution in [-0.4, -0.2) is 0 Å². The summed E-state index contributed by atoms with van der Waals surface area (Å²) in [6.07, 6.45) is 0. The van der Waals surface area contributed by atoms with E-state index in [2.05, 4.69) is 5.11 Å². The maximum atomic E-state index is 12.5. The van der Waals surface area contributed by atoms with Gasteiger partial charge in [-0.25, -0.2) is 0 Å². The summed E-state index contributed by atoms with van der Waals surface area (Å²) in [4.78, 5) is -4.70. The van der Waals surface area contributed by atoms with Crippen LogP contribution in [0.3, 0.4) is 0 Å². The number of hydrogen-bond acceptors (Lipinski definition) is 1. The summed E-state index contributed by atoms with van der Waals surface area (Å²) in [5.74, 6) is 0. The Labute approximate surface area is 109 Å². The second-order valence-electron chi connectivity index (χ2n) is 3.79. The fourth-order valence-corrected chi connectivity index (χ4v) is 2.57. The quantitative estimate of drug-likeness (QED) is 0.224. The summed E-state index contributed by atoms with van der Waals surface area (Å²) in [6, 6.07) is -2.69. The molecule has 124 valence electrons. The minimum absolute atomic E-state index is 0.645. The van der Waals surface area contributed by atoms with Gasteiger partial charge in [0.15, 0.2) is 0 Å². The molecule has 0 spiro atoms. The van der Waals surface area contributed by atoms with Gasteiger partial charge < -0.3 is 0 Å². The van der Waals surface area contributed by atoms with Gasteiger partial charge in [0, 0.05) is 10.6 Å². The molecule has 3 nitrogen and oxygen atoms in total. The van der Waals surface area contributed by atoms with Gasteiger partial charge in [-0.15, -0.1) is 0 Å². The molecule has 0 aliphatic heterocycles. The summed E-state index contributed by atoms with van der Waals surface area (Å²) < 4.78 is 125. The smallest absolute Gasteiger partial charge is 0.0936 e. The van der Waals surface area contributed by atoms with Crippen molar-refractivity contribution < 1.29 is 38.9 Å². The van der Waals surface area contributed by atoms with Gasteiger partial charge in [-0.3, -0.25) is 0 Å². The fraction of sp³-hybridized carbons (Fsp3) is 0. The van der Waals surface area contributed by atoms with Gasteiger partial charge in [-0.05, 0) is 23.7 Å². The second-order valence-corrected chi connectivity index (χ2v) is 8.61. The second kappa shape index (κ2) is 3.15. The van der Waals surface area contributed by atoms with E-state index in [4.69, 9.17) is 5.53 Å². The van der Waals surface area contributed by atoms with Crippen LogP contribution in [0.2, 0.25) is 0 Å². The van der Waals surface area contributed by atoms with Gasteiger partial charge >= 0.3 is 20.4 Å². The van der Waals surface area contributed by atoms with Crippen molar-refractivity contribution >= 4 is 26.1 Å². The predicted octanol–water partition coefficient (Wildman–Crippen LogP) is 7.94. The number of hydrogen-bond donors (Lipinski definition) is 0. The van der Waals surface area contributed by atoms with E-state index >= 15 is 0 Å². The highest BCUT2D eigenvalue weighted by molar-refractivity contribution is 8.46. The lowest BCUT2D eigenvalue weighted by atomic mass is 10.3. The molecule has 0 N–H and O–H groups in total. The van der Waals surface area contributed by atoms with Crippen molar-refractivity contribution in [3.63, 3.8) is 0 Å². The minimum Gasteiger partial charge on any atom is -0.0936 e. The Bertz CT molecular complexity index is 618. The highest BCUT2D eigenvalue weighted by Crippen LogP contribution is 3.05. The summed E-state index contributed by atoms with van der Waals surface area (Å²) in [5, 5.41) is 2.23. The third kappa shape index (κ3) is 4.50. The van der Waals surface area contributed by atoms with E-state index in [1.54, 1.807) is 4.91 Å². The van der Waals surface area contributed by atoms with E-state index in [9.17, 15) is 38.9 Å². The maximum Gasteiger partial charge on any atom is 0.310 e. The zero-order chi connectivity index (χ0) is 17.1. The Balaban J connectivity index is 3.93. The van der Waals surface area contributed by atoms with Crippen LogP contribution in [-0.2, 0) is 0 Å². The molecule has 0 atom stereocenters. The van der Waals surface area contributed by atoms with E-state index in [1.165, 1.54) is 0 Å². The lowest BCUT2D eigenvalue weighted by Crippen LogP contribution is -2.10. The van der Waals surface area contributed by atoms with Crippen molar-refractivity contribution in [1.29, 1.82) is 0 Å². The first-order chi connectivity index (χ1) is 8.62. The van der Waals surface area contributed by atoms with Gasteiger partial charge in [-0.1, -0.05) is 44.0 Å². The monoisotopic (exact) mass is 371 g/mol. The molecule has 0 saturated heterocycles. The highest BCUT2D eigenvalue weighted by atomic mass is 32.5. The van der Waals surface area contributed by atoms with E-state index < -0.39 is 54.1 Å². The molecule has 1 rings (SSSR count). The fourth-order valence-electron chi connectivity index (χ4n) is 1.11. The highest BCUT2D eigenvalue weighted by Gasteiger charge is 2.69. The molecule has 0 bridgehead atoms. The number of azide groups is 1. The zero-order valence-electron chi connectivity index (χ0n) is 9.17. The third-order valence-corrected chi connectivity index (χ3v) is 4.17. The molecule has 0 fully saturated rings. The molecule has 0 heterocycles. The normalized spacial score (nSPS) is 19.5. The van der Waals surface area contributed by atoms with Gasteiger partial charge in [-0.2, -0.15) is 0 Å². The van der Waals surface area contributed by atoms with Crippen molar-refractivity contribution in [2.75, 3.05) is 0 Å². The van der Waals surface area contributed by atoms with Crippen LogP contribution in [0, 0.1) is 0 Å². The van der Waals surface area contributed by atoms with E-state index in [1.807, 2.05) is 0 Å². The number of rotatable bonds is 3. The average molecular weight is 371 g/mol. The first kappa shape index (κ1) is 17.6. The molecule has 0 aliphatic rings. The third-order valence-electron chi connectivity index (χ3n) is 1.92. The summed E-state index contributed by atoms with van der Waals surface area (Å²) in [5.41, 5.74) is 6.23. The van der Waals surface area contributed by atoms with Gasteiger partial charge in [0.05, 0.1) is 0 Å². The van der Waals surface area contributed by atoms with Crippen LogP contribution in [0.15, 0.2) is 33.1 Å². The lowest BCUT2D eigenvalue weighted by molar-refractivity contribution is 0.360. The molecule has 0 amide bonds. The lowest BCUT2D eigenvalue weighted by Gasteiger charge is -2.44. The van der Waals surface area contributed by atoms with E-state index in [0.29, 0.717) is 0 Å².